The van der Waals surface area contributed by atoms with Crippen LogP contribution in [-0.2, 0) is 4.74 Å². The van der Waals surface area contributed by atoms with Crippen molar-refractivity contribution in [3.8, 4) is 0 Å². The van der Waals surface area contributed by atoms with Crippen LogP contribution in [0.2, 0.25) is 0 Å². The highest BCUT2D eigenvalue weighted by molar-refractivity contribution is 9.10. The molecule has 104 valence electrons. The largest absolute Gasteiger partial charge is 0.379 e. The van der Waals surface area contributed by atoms with Gasteiger partial charge in [-0.25, -0.2) is 0 Å². The zero-order valence-electron chi connectivity index (χ0n) is 11.1. The summed E-state index contributed by atoms with van der Waals surface area (Å²) in [5.74, 6) is 0.176. The quantitative estimate of drug-likeness (QED) is 0.808. The topological polar surface area (TPSA) is 29.5 Å². The average Bonchev–Trinajstić information content (AvgIpc) is 2.48. The lowest BCUT2D eigenvalue weighted by Gasteiger charge is -2.25. The van der Waals surface area contributed by atoms with E-state index in [0.29, 0.717) is 19.8 Å². The second-order valence-electron chi connectivity index (χ2n) is 4.95. The van der Waals surface area contributed by atoms with E-state index in [1.807, 2.05) is 36.4 Å². The predicted molar refractivity (Wildman–Crippen MR) is 83.2 cm³/mol. The smallest absolute Gasteiger partial charge is 0.177 e. The van der Waals surface area contributed by atoms with Gasteiger partial charge in [-0.1, -0.05) is 46.3 Å². The number of carbonyl (C=O) groups is 1. The molecule has 0 spiro atoms. The first-order chi connectivity index (χ1) is 9.75. The molecule has 0 radical (unpaired) electrons. The molecule has 1 fully saturated rings. The molecule has 2 aromatic rings. The molecule has 4 heteroatoms. The minimum atomic E-state index is 0.176. The summed E-state index contributed by atoms with van der Waals surface area (Å²) in [6, 6.07) is 11.9. The van der Waals surface area contributed by atoms with Crippen LogP contribution in [0.15, 0.2) is 40.9 Å². The maximum absolute atomic E-state index is 12.5. The molecule has 0 saturated carbocycles. The first-order valence-electron chi connectivity index (χ1n) is 6.76. The third-order valence-corrected chi connectivity index (χ3v) is 4.33. The molecule has 0 unspecified atom stereocenters. The van der Waals surface area contributed by atoms with Gasteiger partial charge in [0.1, 0.15) is 0 Å². The van der Waals surface area contributed by atoms with Crippen molar-refractivity contribution in [1.29, 1.82) is 0 Å². The molecule has 1 aliphatic heterocycles. The minimum absolute atomic E-state index is 0.176. The number of morpholine rings is 1. The number of hydrogen-bond acceptors (Lipinski definition) is 3. The van der Waals surface area contributed by atoms with Crippen molar-refractivity contribution in [3.05, 3.63) is 46.4 Å². The molecular formula is C16H16BrNO2. The van der Waals surface area contributed by atoms with Crippen molar-refractivity contribution in [2.75, 3.05) is 32.8 Å². The summed E-state index contributed by atoms with van der Waals surface area (Å²) in [7, 11) is 0. The first kappa shape index (κ1) is 13.7. The van der Waals surface area contributed by atoms with Gasteiger partial charge in [-0.15, -0.1) is 0 Å². The summed E-state index contributed by atoms with van der Waals surface area (Å²) >= 11 is 3.54. The number of carbonyl (C=O) groups excluding carboxylic acids is 1. The van der Waals surface area contributed by atoms with Crippen LogP contribution in [0.1, 0.15) is 10.4 Å². The maximum atomic E-state index is 12.5. The zero-order chi connectivity index (χ0) is 13.9. The van der Waals surface area contributed by atoms with Crippen molar-refractivity contribution >= 4 is 32.5 Å². The van der Waals surface area contributed by atoms with E-state index in [4.69, 9.17) is 4.74 Å². The van der Waals surface area contributed by atoms with Gasteiger partial charge in [0, 0.05) is 23.1 Å². The molecular weight excluding hydrogens is 318 g/mol. The highest BCUT2D eigenvalue weighted by Crippen LogP contribution is 2.26. The lowest BCUT2D eigenvalue weighted by atomic mass is 10.0. The fraction of sp³-hybridized carbons (Fsp3) is 0.312. The van der Waals surface area contributed by atoms with Crippen LogP contribution in [0.4, 0.5) is 0 Å². The lowest BCUT2D eigenvalue weighted by Crippen LogP contribution is -2.39. The third-order valence-electron chi connectivity index (χ3n) is 3.64. The Hall–Kier alpha value is -1.23. The van der Waals surface area contributed by atoms with E-state index < -0.39 is 0 Å². The lowest BCUT2D eigenvalue weighted by molar-refractivity contribution is 0.0371. The van der Waals surface area contributed by atoms with Crippen molar-refractivity contribution in [2.45, 2.75) is 0 Å². The van der Waals surface area contributed by atoms with Gasteiger partial charge in [0.2, 0.25) is 0 Å². The van der Waals surface area contributed by atoms with E-state index in [9.17, 15) is 4.79 Å². The van der Waals surface area contributed by atoms with Gasteiger partial charge in [0.05, 0.1) is 19.8 Å². The highest BCUT2D eigenvalue weighted by atomic mass is 79.9. The molecule has 1 heterocycles. The molecule has 0 bridgehead atoms. The van der Waals surface area contributed by atoms with Crippen LogP contribution in [0, 0.1) is 0 Å². The molecule has 3 nitrogen and oxygen atoms in total. The number of Topliss-reactive ketones (excluding diaryl/α,β-unsaturated/α-hetero) is 1. The molecule has 3 rings (SSSR count). The van der Waals surface area contributed by atoms with Crippen LogP contribution in [0.25, 0.3) is 10.8 Å². The van der Waals surface area contributed by atoms with Gasteiger partial charge < -0.3 is 4.74 Å². The second-order valence-corrected chi connectivity index (χ2v) is 5.81. The Labute approximate surface area is 126 Å². The van der Waals surface area contributed by atoms with Gasteiger partial charge in [0.15, 0.2) is 5.78 Å². The maximum Gasteiger partial charge on any atom is 0.177 e. The molecule has 0 aliphatic carbocycles. The average molecular weight is 334 g/mol. The standard InChI is InChI=1S/C16H16BrNO2/c17-15-6-2-3-12-13(15)4-1-5-14(12)16(19)11-18-7-9-20-10-8-18/h1-6H,7-11H2. The third kappa shape index (κ3) is 2.77. The summed E-state index contributed by atoms with van der Waals surface area (Å²) in [5, 5.41) is 2.10. The summed E-state index contributed by atoms with van der Waals surface area (Å²) in [6.07, 6.45) is 0. The summed E-state index contributed by atoms with van der Waals surface area (Å²) in [4.78, 5) is 14.7. The molecule has 1 aliphatic rings. The van der Waals surface area contributed by atoms with E-state index >= 15 is 0 Å². The van der Waals surface area contributed by atoms with Crippen molar-refractivity contribution in [3.63, 3.8) is 0 Å². The van der Waals surface area contributed by atoms with E-state index in [1.165, 1.54) is 0 Å². The monoisotopic (exact) mass is 333 g/mol. The number of rotatable bonds is 3. The SMILES string of the molecule is O=C(CN1CCOCC1)c1cccc2c(Br)cccc12. The summed E-state index contributed by atoms with van der Waals surface area (Å²) in [5.41, 5.74) is 0.801. The van der Waals surface area contributed by atoms with E-state index in [-0.39, 0.29) is 5.78 Å². The fourth-order valence-electron chi connectivity index (χ4n) is 2.56. The Balaban J connectivity index is 1.89. The molecule has 0 N–H and O–H groups in total. The molecule has 0 aromatic heterocycles. The molecule has 0 atom stereocenters. The van der Waals surface area contributed by atoms with E-state index in [0.717, 1.165) is 33.9 Å². The van der Waals surface area contributed by atoms with Crippen molar-refractivity contribution in [2.24, 2.45) is 0 Å². The Morgan fingerprint density at radius 1 is 1.10 bits per heavy atom. The van der Waals surface area contributed by atoms with Crippen molar-refractivity contribution in [1.82, 2.24) is 4.90 Å². The molecule has 20 heavy (non-hydrogen) atoms. The summed E-state index contributed by atoms with van der Waals surface area (Å²) < 4.78 is 6.34. The predicted octanol–water partition coefficient (Wildman–Crippen LogP) is 3.12. The first-order valence-corrected chi connectivity index (χ1v) is 7.55. The van der Waals surface area contributed by atoms with Crippen LogP contribution in [-0.4, -0.2) is 43.5 Å². The number of nitrogens with zero attached hydrogens (tertiary/aromatic N) is 1. The van der Waals surface area contributed by atoms with Gasteiger partial charge in [0.25, 0.3) is 0 Å². The number of benzene rings is 2. The fourth-order valence-corrected chi connectivity index (χ4v) is 3.06. The van der Waals surface area contributed by atoms with Crippen LogP contribution in [0.3, 0.4) is 0 Å². The van der Waals surface area contributed by atoms with Gasteiger partial charge >= 0.3 is 0 Å². The molecule has 0 amide bonds. The van der Waals surface area contributed by atoms with Gasteiger partial charge in [-0.3, -0.25) is 9.69 Å². The number of ether oxygens (including phenoxy) is 1. The van der Waals surface area contributed by atoms with E-state index in [1.54, 1.807) is 0 Å². The number of fused-ring (bicyclic) bond motifs is 1. The number of ketones is 1. The van der Waals surface area contributed by atoms with Crippen LogP contribution < -0.4 is 0 Å². The minimum Gasteiger partial charge on any atom is -0.379 e. The number of halogens is 1. The Morgan fingerprint density at radius 2 is 1.80 bits per heavy atom. The second kappa shape index (κ2) is 6.04. The Bertz CT molecular complexity index is 635. The Kier molecular flexibility index (Phi) is 4.15. The van der Waals surface area contributed by atoms with Gasteiger partial charge in [-0.05, 0) is 16.8 Å². The van der Waals surface area contributed by atoms with E-state index in [2.05, 4.69) is 20.8 Å². The molecule has 1 saturated heterocycles. The molecule has 2 aromatic carbocycles. The normalized spacial score (nSPS) is 16.4. The highest BCUT2D eigenvalue weighted by Gasteiger charge is 2.17. The Morgan fingerprint density at radius 3 is 2.60 bits per heavy atom. The van der Waals surface area contributed by atoms with Gasteiger partial charge in [-0.2, -0.15) is 0 Å². The van der Waals surface area contributed by atoms with Crippen molar-refractivity contribution < 1.29 is 9.53 Å². The zero-order valence-corrected chi connectivity index (χ0v) is 12.7. The summed E-state index contributed by atoms with van der Waals surface area (Å²) in [6.45, 7) is 3.57. The van der Waals surface area contributed by atoms with Crippen LogP contribution in [0.5, 0.6) is 0 Å². The van der Waals surface area contributed by atoms with Crippen LogP contribution >= 0.6 is 15.9 Å². The number of hydrogen-bond donors (Lipinski definition) is 0.